The normalized spacial score (nSPS) is 10.4. The van der Waals surface area contributed by atoms with E-state index >= 15 is 0 Å². The Kier molecular flexibility index (Phi) is 3.53. The van der Waals surface area contributed by atoms with Gasteiger partial charge in [-0.2, -0.15) is 0 Å². The van der Waals surface area contributed by atoms with E-state index in [2.05, 4.69) is 15.5 Å². The molecule has 0 spiro atoms. The number of rotatable bonds is 2. The third-order valence-electron chi connectivity index (χ3n) is 2.09. The fraction of sp³-hybridized carbons (Fsp3) is 0.100. The quantitative estimate of drug-likeness (QED) is 0.924. The van der Waals surface area contributed by atoms with Crippen LogP contribution in [0.15, 0.2) is 12.1 Å². The van der Waals surface area contributed by atoms with Crippen molar-refractivity contribution in [3.8, 4) is 0 Å². The molecule has 1 N–H and O–H groups in total. The Hall–Kier alpha value is -1.60. The van der Waals surface area contributed by atoms with Crippen molar-refractivity contribution in [3.05, 3.63) is 38.8 Å². The van der Waals surface area contributed by atoms with E-state index in [9.17, 15) is 13.6 Å². The molecule has 8 heteroatoms. The van der Waals surface area contributed by atoms with Crippen molar-refractivity contribution in [1.82, 2.24) is 10.2 Å². The van der Waals surface area contributed by atoms with Gasteiger partial charge in [-0.15, -0.1) is 10.2 Å². The molecule has 0 bridgehead atoms. The minimum absolute atomic E-state index is 0.0274. The lowest BCUT2D eigenvalue weighted by molar-refractivity contribution is 0.102. The fourth-order valence-corrected chi connectivity index (χ4v) is 1.94. The zero-order chi connectivity index (χ0) is 13.3. The minimum atomic E-state index is -0.724. The third-order valence-corrected chi connectivity index (χ3v) is 3.11. The van der Waals surface area contributed by atoms with Crippen molar-refractivity contribution in [2.24, 2.45) is 0 Å². The molecule has 0 unspecified atom stereocenters. The molecule has 1 aromatic carbocycles. The van der Waals surface area contributed by atoms with E-state index in [0.29, 0.717) is 0 Å². The second kappa shape index (κ2) is 4.95. The van der Waals surface area contributed by atoms with Gasteiger partial charge in [0, 0.05) is 6.07 Å². The van der Waals surface area contributed by atoms with Gasteiger partial charge in [0.05, 0.1) is 5.69 Å². The van der Waals surface area contributed by atoms with Gasteiger partial charge in [-0.3, -0.25) is 4.79 Å². The minimum Gasteiger partial charge on any atom is -0.317 e. The molecule has 2 rings (SSSR count). The van der Waals surface area contributed by atoms with Crippen LogP contribution in [0.5, 0.6) is 0 Å². The average molecular weight is 290 g/mol. The molecular weight excluding hydrogens is 284 g/mol. The molecule has 0 aliphatic heterocycles. The number of amides is 1. The largest absolute Gasteiger partial charge is 0.317 e. The van der Waals surface area contributed by atoms with Crippen molar-refractivity contribution in [2.45, 2.75) is 6.92 Å². The van der Waals surface area contributed by atoms with Crippen LogP contribution in [0.1, 0.15) is 15.4 Å². The van der Waals surface area contributed by atoms with Crippen molar-refractivity contribution >= 4 is 34.5 Å². The summed E-state index contributed by atoms with van der Waals surface area (Å²) in [5, 5.41) is 9.10. The highest BCUT2D eigenvalue weighted by molar-refractivity contribution is 7.17. The summed E-state index contributed by atoms with van der Waals surface area (Å²) in [5.74, 6) is -2.03. The van der Waals surface area contributed by atoms with E-state index in [4.69, 9.17) is 11.6 Å². The lowest BCUT2D eigenvalue weighted by atomic mass is 10.2. The van der Waals surface area contributed by atoms with Crippen LogP contribution in [0.25, 0.3) is 0 Å². The summed E-state index contributed by atoms with van der Waals surface area (Å²) >= 11 is 6.36. The Morgan fingerprint density at radius 1 is 1.33 bits per heavy atom. The number of carbonyl (C=O) groups is 1. The molecule has 94 valence electrons. The summed E-state index contributed by atoms with van der Waals surface area (Å²) in [7, 11) is 0. The van der Waals surface area contributed by atoms with Crippen molar-refractivity contribution in [1.29, 1.82) is 0 Å². The highest BCUT2D eigenvalue weighted by Gasteiger charge is 2.15. The number of hydrogen-bond donors (Lipinski definition) is 1. The van der Waals surface area contributed by atoms with Crippen LogP contribution in [-0.4, -0.2) is 16.1 Å². The van der Waals surface area contributed by atoms with Crippen molar-refractivity contribution < 1.29 is 13.6 Å². The van der Waals surface area contributed by atoms with Crippen LogP contribution in [0.4, 0.5) is 14.5 Å². The van der Waals surface area contributed by atoms with Gasteiger partial charge in [0.1, 0.15) is 11.6 Å². The zero-order valence-corrected chi connectivity index (χ0v) is 10.6. The van der Waals surface area contributed by atoms with Crippen LogP contribution < -0.4 is 5.32 Å². The number of carbonyl (C=O) groups excluding carboxylic acids is 1. The Labute approximate surface area is 110 Å². The van der Waals surface area contributed by atoms with Crippen molar-refractivity contribution in [2.75, 3.05) is 5.32 Å². The number of halogens is 3. The van der Waals surface area contributed by atoms with Gasteiger partial charge in [0.25, 0.3) is 5.91 Å². The Bertz CT molecular complexity index is 617. The number of aryl methyl sites for hydroxylation is 1. The average Bonchev–Trinajstić information content (AvgIpc) is 2.73. The molecule has 0 aliphatic rings. The summed E-state index contributed by atoms with van der Waals surface area (Å²) in [5.41, 5.74) is -0.0983. The zero-order valence-electron chi connectivity index (χ0n) is 9.00. The lowest BCUT2D eigenvalue weighted by Gasteiger charge is -2.06. The SMILES string of the molecule is Cc1cc(F)c(NC(=O)c2nnc(Cl)s2)cc1F. The van der Waals surface area contributed by atoms with Gasteiger partial charge in [0.2, 0.25) is 9.47 Å². The molecule has 4 nitrogen and oxygen atoms in total. The molecule has 2 aromatic rings. The molecular formula is C10H6ClF2N3OS. The molecule has 0 aliphatic carbocycles. The first-order valence-corrected chi connectivity index (χ1v) is 5.93. The molecule has 1 aromatic heterocycles. The maximum Gasteiger partial charge on any atom is 0.286 e. The van der Waals surface area contributed by atoms with E-state index in [1.807, 2.05) is 0 Å². The van der Waals surface area contributed by atoms with E-state index in [1.165, 1.54) is 6.92 Å². The number of hydrogen-bond acceptors (Lipinski definition) is 4. The molecule has 1 heterocycles. The first kappa shape index (κ1) is 12.8. The predicted molar refractivity (Wildman–Crippen MR) is 64.0 cm³/mol. The molecule has 0 fully saturated rings. The highest BCUT2D eigenvalue weighted by atomic mass is 35.5. The van der Waals surface area contributed by atoms with Crippen LogP contribution in [0.3, 0.4) is 0 Å². The third kappa shape index (κ3) is 2.62. The summed E-state index contributed by atoms with van der Waals surface area (Å²) in [6.07, 6.45) is 0. The van der Waals surface area contributed by atoms with Gasteiger partial charge < -0.3 is 5.32 Å². The predicted octanol–water partition coefficient (Wildman–Crippen LogP) is 3.03. The van der Waals surface area contributed by atoms with E-state index in [0.717, 1.165) is 23.5 Å². The summed E-state index contributed by atoms with van der Waals surface area (Å²) in [6.45, 7) is 1.43. The van der Waals surface area contributed by atoms with E-state index < -0.39 is 17.5 Å². The summed E-state index contributed by atoms with van der Waals surface area (Å²) in [4.78, 5) is 11.6. The number of anilines is 1. The first-order chi connectivity index (χ1) is 8.47. The van der Waals surface area contributed by atoms with Crippen molar-refractivity contribution in [3.63, 3.8) is 0 Å². The molecule has 0 saturated carbocycles. The first-order valence-electron chi connectivity index (χ1n) is 4.73. The molecule has 1 amide bonds. The van der Waals surface area contributed by atoms with Crippen LogP contribution in [0.2, 0.25) is 4.47 Å². The maximum absolute atomic E-state index is 13.5. The number of nitrogens with zero attached hydrogens (tertiary/aromatic N) is 2. The number of benzene rings is 1. The topological polar surface area (TPSA) is 54.9 Å². The van der Waals surface area contributed by atoms with Gasteiger partial charge >= 0.3 is 0 Å². The smallest absolute Gasteiger partial charge is 0.286 e. The Morgan fingerprint density at radius 2 is 2.06 bits per heavy atom. The highest BCUT2D eigenvalue weighted by Crippen LogP contribution is 2.21. The number of aromatic nitrogens is 2. The monoisotopic (exact) mass is 289 g/mol. The van der Waals surface area contributed by atoms with E-state index in [-0.39, 0.29) is 20.7 Å². The molecule has 18 heavy (non-hydrogen) atoms. The summed E-state index contributed by atoms with van der Waals surface area (Å²) < 4.78 is 26.8. The van der Waals surface area contributed by atoms with Gasteiger partial charge in [-0.25, -0.2) is 8.78 Å². The summed E-state index contributed by atoms with van der Waals surface area (Å²) in [6, 6.07) is 1.91. The molecule has 0 radical (unpaired) electrons. The van der Waals surface area contributed by atoms with Crippen LogP contribution in [0, 0.1) is 18.6 Å². The Morgan fingerprint density at radius 3 is 2.67 bits per heavy atom. The molecule has 0 saturated heterocycles. The maximum atomic E-state index is 13.5. The van der Waals surface area contributed by atoms with Gasteiger partial charge in [-0.05, 0) is 30.2 Å². The lowest BCUT2D eigenvalue weighted by Crippen LogP contribution is -2.13. The fourth-order valence-electron chi connectivity index (χ4n) is 1.21. The number of nitrogens with one attached hydrogen (secondary N) is 1. The Balaban J connectivity index is 2.24. The second-order valence-electron chi connectivity index (χ2n) is 3.40. The van der Waals surface area contributed by atoms with Crippen LogP contribution in [-0.2, 0) is 0 Å². The second-order valence-corrected chi connectivity index (χ2v) is 4.96. The standard InChI is InChI=1S/C10H6ClF2N3OS/c1-4-2-6(13)7(3-5(4)12)14-8(17)9-15-16-10(11)18-9/h2-3H,1H3,(H,14,17). The van der Waals surface area contributed by atoms with Gasteiger partial charge in [0.15, 0.2) is 0 Å². The van der Waals surface area contributed by atoms with Gasteiger partial charge in [-0.1, -0.05) is 11.3 Å². The van der Waals surface area contributed by atoms with E-state index in [1.54, 1.807) is 0 Å². The van der Waals surface area contributed by atoms with Crippen LogP contribution >= 0.6 is 22.9 Å². The molecule has 0 atom stereocenters.